The van der Waals surface area contributed by atoms with Crippen molar-refractivity contribution in [3.63, 3.8) is 0 Å². The van der Waals surface area contributed by atoms with E-state index < -0.39 is 18.0 Å². The van der Waals surface area contributed by atoms with Crippen LogP contribution in [0.4, 0.5) is 4.79 Å². The summed E-state index contributed by atoms with van der Waals surface area (Å²) in [7, 11) is 0. The maximum atomic E-state index is 11.4. The zero-order chi connectivity index (χ0) is 14.7. The summed E-state index contributed by atoms with van der Waals surface area (Å²) in [5.74, 6) is -1.36. The number of amides is 2. The predicted molar refractivity (Wildman–Crippen MR) is 68.7 cm³/mol. The first-order valence-corrected chi connectivity index (χ1v) is 6.44. The molecule has 0 aromatic heterocycles. The van der Waals surface area contributed by atoms with Crippen molar-refractivity contribution in [1.29, 1.82) is 0 Å². The molecule has 0 spiro atoms. The van der Waals surface area contributed by atoms with Crippen LogP contribution in [0.25, 0.3) is 0 Å². The van der Waals surface area contributed by atoms with Crippen LogP contribution in [0, 0.1) is 0 Å². The van der Waals surface area contributed by atoms with Gasteiger partial charge in [-0.2, -0.15) is 0 Å². The van der Waals surface area contributed by atoms with Gasteiger partial charge in [0.1, 0.15) is 6.04 Å². The Bertz CT molecular complexity index is 306. The van der Waals surface area contributed by atoms with Crippen LogP contribution in [0.2, 0.25) is 0 Å². The number of rotatable bonds is 9. The quantitative estimate of drug-likeness (QED) is 0.427. The van der Waals surface area contributed by atoms with E-state index >= 15 is 0 Å². The van der Waals surface area contributed by atoms with Crippen molar-refractivity contribution in [1.82, 2.24) is 10.6 Å². The molecule has 7 heteroatoms. The Kier molecular flexibility index (Phi) is 9.20. The Balaban J connectivity index is 3.79. The molecular formula is C12H22N2O5. The van der Waals surface area contributed by atoms with Gasteiger partial charge in [0, 0.05) is 13.0 Å². The Labute approximate surface area is 112 Å². The molecule has 1 atom stereocenters. The number of aliphatic carboxylic acids is 1. The van der Waals surface area contributed by atoms with Gasteiger partial charge in [-0.05, 0) is 19.8 Å². The van der Waals surface area contributed by atoms with Gasteiger partial charge in [0.05, 0.1) is 6.61 Å². The highest BCUT2D eigenvalue weighted by atomic mass is 16.5. The molecule has 0 aliphatic rings. The van der Waals surface area contributed by atoms with Crippen molar-refractivity contribution in [2.24, 2.45) is 0 Å². The van der Waals surface area contributed by atoms with Gasteiger partial charge in [0.15, 0.2) is 0 Å². The van der Waals surface area contributed by atoms with E-state index in [9.17, 15) is 14.4 Å². The summed E-state index contributed by atoms with van der Waals surface area (Å²) < 4.78 is 4.73. The highest BCUT2D eigenvalue weighted by Gasteiger charge is 2.18. The van der Waals surface area contributed by atoms with E-state index in [4.69, 9.17) is 9.84 Å². The summed E-state index contributed by atoms with van der Waals surface area (Å²) in [5, 5.41) is 13.7. The minimum Gasteiger partial charge on any atom is -0.480 e. The summed E-state index contributed by atoms with van der Waals surface area (Å²) in [6.45, 7) is 4.20. The van der Waals surface area contributed by atoms with Crippen molar-refractivity contribution in [2.45, 2.75) is 45.6 Å². The van der Waals surface area contributed by atoms with Gasteiger partial charge in [-0.1, -0.05) is 13.3 Å². The lowest BCUT2D eigenvalue weighted by atomic mass is 10.2. The number of carbonyl (C=O) groups is 3. The van der Waals surface area contributed by atoms with Crippen molar-refractivity contribution in [3.8, 4) is 0 Å². The van der Waals surface area contributed by atoms with Crippen molar-refractivity contribution in [2.75, 3.05) is 13.2 Å². The molecule has 7 nitrogen and oxygen atoms in total. The second-order valence-corrected chi connectivity index (χ2v) is 3.99. The molecule has 0 fully saturated rings. The molecule has 19 heavy (non-hydrogen) atoms. The van der Waals surface area contributed by atoms with Crippen LogP contribution < -0.4 is 10.6 Å². The van der Waals surface area contributed by atoms with Gasteiger partial charge >= 0.3 is 18.0 Å². The Morgan fingerprint density at radius 1 is 1.26 bits per heavy atom. The molecule has 0 aromatic carbocycles. The maximum Gasteiger partial charge on any atom is 0.326 e. The fourth-order valence-electron chi connectivity index (χ4n) is 1.42. The fraction of sp³-hybridized carbons (Fsp3) is 0.750. The molecule has 0 heterocycles. The Morgan fingerprint density at radius 3 is 2.47 bits per heavy atom. The smallest absolute Gasteiger partial charge is 0.326 e. The molecule has 0 rings (SSSR count). The van der Waals surface area contributed by atoms with E-state index in [2.05, 4.69) is 10.6 Å². The molecule has 0 aliphatic carbocycles. The average Bonchev–Trinajstić information content (AvgIpc) is 2.34. The van der Waals surface area contributed by atoms with E-state index in [0.29, 0.717) is 32.4 Å². The molecule has 3 N–H and O–H groups in total. The molecule has 0 radical (unpaired) electrons. The SMILES string of the molecule is CCC[C@@H](NC(=O)NCCCC(=O)OCC)C(=O)O. The van der Waals surface area contributed by atoms with Crippen LogP contribution in [0.3, 0.4) is 0 Å². The first-order chi connectivity index (χ1) is 9.01. The lowest BCUT2D eigenvalue weighted by Gasteiger charge is -2.14. The van der Waals surface area contributed by atoms with Crippen LogP contribution in [0.5, 0.6) is 0 Å². The van der Waals surface area contributed by atoms with Gasteiger partial charge in [-0.3, -0.25) is 4.79 Å². The van der Waals surface area contributed by atoms with E-state index in [1.807, 2.05) is 6.92 Å². The normalized spacial score (nSPS) is 11.5. The second kappa shape index (κ2) is 10.2. The zero-order valence-corrected chi connectivity index (χ0v) is 11.4. The Morgan fingerprint density at radius 2 is 1.95 bits per heavy atom. The van der Waals surface area contributed by atoms with Gasteiger partial charge in [-0.15, -0.1) is 0 Å². The number of carboxylic acid groups (broad SMARTS) is 1. The highest BCUT2D eigenvalue weighted by molar-refractivity contribution is 5.82. The zero-order valence-electron chi connectivity index (χ0n) is 11.4. The molecule has 2 amide bonds. The third kappa shape index (κ3) is 8.87. The average molecular weight is 274 g/mol. The van der Waals surface area contributed by atoms with Crippen LogP contribution in [-0.2, 0) is 14.3 Å². The van der Waals surface area contributed by atoms with Crippen LogP contribution in [-0.4, -0.2) is 42.3 Å². The van der Waals surface area contributed by atoms with Crippen LogP contribution >= 0.6 is 0 Å². The molecule has 0 saturated heterocycles. The van der Waals surface area contributed by atoms with E-state index in [-0.39, 0.29) is 12.4 Å². The number of carbonyl (C=O) groups excluding carboxylic acids is 2. The molecule has 0 unspecified atom stereocenters. The molecule has 110 valence electrons. The standard InChI is InChI=1S/C12H22N2O5/c1-3-6-9(11(16)17)14-12(18)13-8-5-7-10(15)19-4-2/h9H,3-8H2,1-2H3,(H,16,17)(H2,13,14,18)/t9-/m1/s1. The van der Waals surface area contributed by atoms with Gasteiger partial charge in [0.25, 0.3) is 0 Å². The Hall–Kier alpha value is -1.79. The van der Waals surface area contributed by atoms with Crippen molar-refractivity contribution < 1.29 is 24.2 Å². The number of hydrogen-bond acceptors (Lipinski definition) is 4. The van der Waals surface area contributed by atoms with Crippen molar-refractivity contribution in [3.05, 3.63) is 0 Å². The first kappa shape index (κ1) is 17.2. The maximum absolute atomic E-state index is 11.4. The largest absolute Gasteiger partial charge is 0.480 e. The van der Waals surface area contributed by atoms with Crippen LogP contribution in [0.1, 0.15) is 39.5 Å². The molecule has 0 bridgehead atoms. The fourth-order valence-corrected chi connectivity index (χ4v) is 1.42. The number of hydrogen-bond donors (Lipinski definition) is 3. The first-order valence-electron chi connectivity index (χ1n) is 6.44. The summed E-state index contributed by atoms with van der Waals surface area (Å²) in [4.78, 5) is 33.2. The van der Waals surface area contributed by atoms with E-state index in [0.717, 1.165) is 0 Å². The summed E-state index contributed by atoms with van der Waals surface area (Å²) in [6.07, 6.45) is 1.73. The highest BCUT2D eigenvalue weighted by Crippen LogP contribution is 1.96. The van der Waals surface area contributed by atoms with Crippen molar-refractivity contribution >= 4 is 18.0 Å². The van der Waals surface area contributed by atoms with Crippen LogP contribution in [0.15, 0.2) is 0 Å². The third-order valence-electron chi connectivity index (χ3n) is 2.33. The number of carboxylic acids is 1. The molecule has 0 aromatic rings. The van der Waals surface area contributed by atoms with Gasteiger partial charge in [-0.25, -0.2) is 9.59 Å². The third-order valence-corrected chi connectivity index (χ3v) is 2.33. The number of ether oxygens (including phenoxy) is 1. The summed E-state index contributed by atoms with van der Waals surface area (Å²) >= 11 is 0. The lowest BCUT2D eigenvalue weighted by Crippen LogP contribution is -2.46. The molecular weight excluding hydrogens is 252 g/mol. The lowest BCUT2D eigenvalue weighted by molar-refractivity contribution is -0.143. The molecule has 0 saturated carbocycles. The number of esters is 1. The summed E-state index contributed by atoms with van der Waals surface area (Å²) in [5.41, 5.74) is 0. The topological polar surface area (TPSA) is 105 Å². The monoisotopic (exact) mass is 274 g/mol. The number of urea groups is 1. The molecule has 0 aliphatic heterocycles. The van der Waals surface area contributed by atoms with E-state index in [1.54, 1.807) is 6.92 Å². The number of nitrogens with one attached hydrogen (secondary N) is 2. The predicted octanol–water partition coefficient (Wildman–Crippen LogP) is 0.882. The second-order valence-electron chi connectivity index (χ2n) is 3.99. The van der Waals surface area contributed by atoms with Gasteiger partial charge in [0.2, 0.25) is 0 Å². The van der Waals surface area contributed by atoms with E-state index in [1.165, 1.54) is 0 Å². The summed E-state index contributed by atoms with van der Waals surface area (Å²) in [6, 6.07) is -1.42. The van der Waals surface area contributed by atoms with Gasteiger partial charge < -0.3 is 20.5 Å². The minimum absolute atomic E-state index is 0.228. The minimum atomic E-state index is -1.05.